The van der Waals surface area contributed by atoms with E-state index in [0.29, 0.717) is 6.42 Å². The lowest BCUT2D eigenvalue weighted by molar-refractivity contribution is 0.418. The lowest BCUT2D eigenvalue weighted by Gasteiger charge is -2.10. The Labute approximate surface area is 101 Å². The molecule has 3 heteroatoms. The number of hydrogen-bond donors (Lipinski definition) is 0. The van der Waals surface area contributed by atoms with Crippen molar-refractivity contribution >= 4 is 10.9 Å². The van der Waals surface area contributed by atoms with Gasteiger partial charge in [0.15, 0.2) is 0 Å². The van der Waals surface area contributed by atoms with Crippen molar-refractivity contribution in [2.24, 2.45) is 0 Å². The summed E-state index contributed by atoms with van der Waals surface area (Å²) in [6.45, 7) is 4.09. The molecule has 2 rings (SSSR count). The molecule has 0 N–H and O–H groups in total. The van der Waals surface area contributed by atoms with Crippen molar-refractivity contribution in [3.63, 3.8) is 0 Å². The van der Waals surface area contributed by atoms with E-state index < -0.39 is 0 Å². The molecule has 1 aromatic carbocycles. The van der Waals surface area contributed by atoms with Crippen LogP contribution in [0.1, 0.15) is 16.8 Å². The molecule has 3 nitrogen and oxygen atoms in total. The van der Waals surface area contributed by atoms with E-state index in [1.807, 2.05) is 25.1 Å². The van der Waals surface area contributed by atoms with E-state index in [1.54, 1.807) is 7.11 Å². The van der Waals surface area contributed by atoms with Gasteiger partial charge in [-0.2, -0.15) is 5.26 Å². The first kappa shape index (κ1) is 11.4. The van der Waals surface area contributed by atoms with Crippen LogP contribution in [-0.2, 0) is 6.42 Å². The number of aryl methyl sites for hydroxylation is 2. The molecular formula is C14H14N2O. The fourth-order valence-electron chi connectivity index (χ4n) is 2.12. The minimum Gasteiger partial charge on any atom is -0.494 e. The Morgan fingerprint density at radius 2 is 2.06 bits per heavy atom. The molecule has 0 bridgehead atoms. The zero-order chi connectivity index (χ0) is 12.4. The van der Waals surface area contributed by atoms with E-state index in [1.165, 1.54) is 5.56 Å². The van der Waals surface area contributed by atoms with Crippen molar-refractivity contribution < 1.29 is 4.74 Å². The summed E-state index contributed by atoms with van der Waals surface area (Å²) in [4.78, 5) is 4.51. The first-order valence-electron chi connectivity index (χ1n) is 5.48. The molecule has 0 radical (unpaired) electrons. The van der Waals surface area contributed by atoms with Crippen molar-refractivity contribution in [3.8, 4) is 11.8 Å². The number of benzene rings is 1. The van der Waals surface area contributed by atoms with Gasteiger partial charge in [0.1, 0.15) is 11.3 Å². The van der Waals surface area contributed by atoms with Gasteiger partial charge in [0.2, 0.25) is 0 Å². The third kappa shape index (κ3) is 1.94. The van der Waals surface area contributed by atoms with Gasteiger partial charge >= 0.3 is 0 Å². The van der Waals surface area contributed by atoms with Crippen LogP contribution in [0.5, 0.6) is 5.75 Å². The SMILES string of the molecule is COc1ccc(C)c2c(C)cc(CC#N)nc12. The van der Waals surface area contributed by atoms with Crippen molar-refractivity contribution in [1.29, 1.82) is 5.26 Å². The fourth-order valence-corrected chi connectivity index (χ4v) is 2.12. The van der Waals surface area contributed by atoms with Gasteiger partial charge in [-0.05, 0) is 37.1 Å². The highest BCUT2D eigenvalue weighted by molar-refractivity contribution is 5.90. The molecule has 0 unspecified atom stereocenters. The number of aromatic nitrogens is 1. The van der Waals surface area contributed by atoms with E-state index in [-0.39, 0.29) is 0 Å². The average molecular weight is 226 g/mol. The van der Waals surface area contributed by atoms with E-state index in [9.17, 15) is 0 Å². The van der Waals surface area contributed by atoms with Crippen molar-refractivity contribution in [3.05, 3.63) is 35.0 Å². The van der Waals surface area contributed by atoms with Crippen molar-refractivity contribution in [1.82, 2.24) is 4.98 Å². The molecule has 1 heterocycles. The maximum atomic E-state index is 8.74. The number of rotatable bonds is 2. The van der Waals surface area contributed by atoms with Crippen LogP contribution in [0, 0.1) is 25.2 Å². The predicted octanol–water partition coefficient (Wildman–Crippen LogP) is 2.93. The molecule has 17 heavy (non-hydrogen) atoms. The standard InChI is InChI=1S/C14H14N2O/c1-9-4-5-12(17-3)14-13(9)10(2)8-11(16-14)6-7-15/h4-5,8H,6H2,1-3H3. The van der Waals surface area contributed by atoms with Crippen LogP contribution in [0.3, 0.4) is 0 Å². The molecule has 0 aliphatic rings. The number of nitrogens with zero attached hydrogens (tertiary/aromatic N) is 2. The summed E-state index contributed by atoms with van der Waals surface area (Å²) in [6, 6.07) is 8.04. The molecule has 0 amide bonds. The van der Waals surface area contributed by atoms with Crippen LogP contribution >= 0.6 is 0 Å². The van der Waals surface area contributed by atoms with Crippen molar-refractivity contribution in [2.45, 2.75) is 20.3 Å². The smallest absolute Gasteiger partial charge is 0.145 e. The van der Waals surface area contributed by atoms with E-state index >= 15 is 0 Å². The van der Waals surface area contributed by atoms with Gasteiger partial charge in [0.25, 0.3) is 0 Å². The first-order chi connectivity index (χ1) is 8.17. The van der Waals surface area contributed by atoms with E-state index in [4.69, 9.17) is 10.00 Å². The highest BCUT2D eigenvalue weighted by Gasteiger charge is 2.09. The predicted molar refractivity (Wildman–Crippen MR) is 67.1 cm³/mol. The maximum absolute atomic E-state index is 8.74. The van der Waals surface area contributed by atoms with Gasteiger partial charge in [-0.15, -0.1) is 0 Å². The molecule has 0 fully saturated rings. The molecule has 2 aromatic rings. The quantitative estimate of drug-likeness (QED) is 0.790. The number of pyridine rings is 1. The summed E-state index contributed by atoms with van der Waals surface area (Å²) < 4.78 is 5.33. The minimum absolute atomic E-state index is 0.327. The average Bonchev–Trinajstić information content (AvgIpc) is 2.29. The summed E-state index contributed by atoms with van der Waals surface area (Å²) in [5, 5.41) is 9.86. The third-order valence-corrected chi connectivity index (χ3v) is 2.86. The zero-order valence-electron chi connectivity index (χ0n) is 10.2. The largest absolute Gasteiger partial charge is 0.494 e. The Morgan fingerprint density at radius 1 is 1.29 bits per heavy atom. The minimum atomic E-state index is 0.327. The van der Waals surface area contributed by atoms with Crippen LogP contribution in [0.2, 0.25) is 0 Å². The van der Waals surface area contributed by atoms with Crippen LogP contribution < -0.4 is 4.74 Å². The molecule has 0 aliphatic heterocycles. The topological polar surface area (TPSA) is 45.9 Å². The van der Waals surface area contributed by atoms with Crippen LogP contribution in [0.15, 0.2) is 18.2 Å². The highest BCUT2D eigenvalue weighted by atomic mass is 16.5. The molecule has 0 spiro atoms. The molecule has 0 atom stereocenters. The molecule has 0 saturated heterocycles. The van der Waals surface area contributed by atoms with Gasteiger partial charge in [0, 0.05) is 5.39 Å². The Morgan fingerprint density at radius 3 is 2.71 bits per heavy atom. The van der Waals surface area contributed by atoms with Gasteiger partial charge in [0.05, 0.1) is 25.3 Å². The Bertz CT molecular complexity index is 612. The second-order valence-corrected chi connectivity index (χ2v) is 4.07. The summed E-state index contributed by atoms with van der Waals surface area (Å²) >= 11 is 0. The lowest BCUT2D eigenvalue weighted by atomic mass is 10.0. The first-order valence-corrected chi connectivity index (χ1v) is 5.48. The highest BCUT2D eigenvalue weighted by Crippen LogP contribution is 2.29. The molecular weight excluding hydrogens is 212 g/mol. The van der Waals surface area contributed by atoms with Gasteiger partial charge < -0.3 is 4.74 Å². The van der Waals surface area contributed by atoms with Crippen LogP contribution in [0.4, 0.5) is 0 Å². The number of methoxy groups -OCH3 is 1. The van der Waals surface area contributed by atoms with E-state index in [0.717, 1.165) is 27.9 Å². The fraction of sp³-hybridized carbons (Fsp3) is 0.286. The molecule has 86 valence electrons. The van der Waals surface area contributed by atoms with Gasteiger partial charge in [-0.3, -0.25) is 0 Å². The van der Waals surface area contributed by atoms with Gasteiger partial charge in [-0.1, -0.05) is 6.07 Å². The normalized spacial score (nSPS) is 10.2. The van der Waals surface area contributed by atoms with Crippen LogP contribution in [-0.4, -0.2) is 12.1 Å². The van der Waals surface area contributed by atoms with Crippen molar-refractivity contribution in [2.75, 3.05) is 7.11 Å². The number of hydrogen-bond acceptors (Lipinski definition) is 3. The van der Waals surface area contributed by atoms with Crippen LogP contribution in [0.25, 0.3) is 10.9 Å². The molecule has 1 aromatic heterocycles. The zero-order valence-corrected chi connectivity index (χ0v) is 10.2. The number of fused-ring (bicyclic) bond motifs is 1. The summed E-state index contributed by atoms with van der Waals surface area (Å²) in [6.07, 6.45) is 0.327. The lowest BCUT2D eigenvalue weighted by Crippen LogP contribution is -1.96. The molecule has 0 aliphatic carbocycles. The monoisotopic (exact) mass is 226 g/mol. The Kier molecular flexibility index (Phi) is 2.97. The van der Waals surface area contributed by atoms with Gasteiger partial charge in [-0.25, -0.2) is 4.98 Å². The summed E-state index contributed by atoms with van der Waals surface area (Å²) in [5.74, 6) is 0.758. The summed E-state index contributed by atoms with van der Waals surface area (Å²) in [7, 11) is 1.64. The Balaban J connectivity index is 2.81. The Hall–Kier alpha value is -2.08. The second-order valence-electron chi connectivity index (χ2n) is 4.07. The summed E-state index contributed by atoms with van der Waals surface area (Å²) in [5.41, 5.74) is 3.95. The second kappa shape index (κ2) is 4.42. The maximum Gasteiger partial charge on any atom is 0.145 e. The third-order valence-electron chi connectivity index (χ3n) is 2.86. The number of ether oxygens (including phenoxy) is 1. The van der Waals surface area contributed by atoms with E-state index in [2.05, 4.69) is 18.0 Å². The number of nitriles is 1. The molecule has 0 saturated carbocycles.